The molecule has 0 unspecified atom stereocenters. The van der Waals surface area contributed by atoms with Crippen molar-refractivity contribution in [2.24, 2.45) is 5.10 Å². The zero-order valence-electron chi connectivity index (χ0n) is 13.9. The topological polar surface area (TPSA) is 50.7 Å². The van der Waals surface area contributed by atoms with E-state index in [0.717, 1.165) is 20.8 Å². The number of ether oxygens (including phenoxy) is 1. The maximum atomic E-state index is 11.9. The number of hydrogen-bond donors (Lipinski definition) is 1. The van der Waals surface area contributed by atoms with Gasteiger partial charge in [-0.05, 0) is 29.2 Å². The Kier molecular flexibility index (Phi) is 6.17. The number of hydrazone groups is 1. The van der Waals surface area contributed by atoms with Crippen LogP contribution in [0, 0.1) is 0 Å². The van der Waals surface area contributed by atoms with Crippen molar-refractivity contribution in [3.63, 3.8) is 0 Å². The molecule has 0 atom stereocenters. The highest BCUT2D eigenvalue weighted by Gasteiger charge is 2.07. The zero-order chi connectivity index (χ0) is 18.2. The summed E-state index contributed by atoms with van der Waals surface area (Å²) in [5, 5.41) is 5.86. The number of carbonyl (C=O) groups is 1. The molecular weight excluding hydrogens is 392 g/mol. The molecule has 0 spiro atoms. The second-order valence-electron chi connectivity index (χ2n) is 5.46. The molecule has 0 bridgehead atoms. The first-order valence-corrected chi connectivity index (χ1v) is 8.87. The summed E-state index contributed by atoms with van der Waals surface area (Å²) in [6.07, 6.45) is 5.19. The summed E-state index contributed by atoms with van der Waals surface area (Å²) >= 11 is 3.52. The molecule has 0 saturated heterocycles. The van der Waals surface area contributed by atoms with Gasteiger partial charge in [-0.3, -0.25) is 4.79 Å². The van der Waals surface area contributed by atoms with E-state index in [1.807, 2.05) is 72.8 Å². The van der Waals surface area contributed by atoms with Crippen molar-refractivity contribution in [2.45, 2.75) is 0 Å². The maximum Gasteiger partial charge on any atom is 0.277 e. The molecule has 0 radical (unpaired) electrons. The highest BCUT2D eigenvalue weighted by Crippen LogP contribution is 2.31. The van der Waals surface area contributed by atoms with Crippen LogP contribution < -0.4 is 10.2 Å². The Labute approximate surface area is 160 Å². The van der Waals surface area contributed by atoms with Crippen molar-refractivity contribution >= 4 is 44.9 Å². The molecule has 3 aromatic carbocycles. The average molecular weight is 409 g/mol. The molecule has 26 heavy (non-hydrogen) atoms. The molecule has 5 heteroatoms. The Morgan fingerprint density at radius 1 is 1.00 bits per heavy atom. The van der Waals surface area contributed by atoms with Crippen LogP contribution in [0.5, 0.6) is 5.75 Å². The van der Waals surface area contributed by atoms with Gasteiger partial charge in [0.05, 0.1) is 0 Å². The van der Waals surface area contributed by atoms with Crippen LogP contribution in [0.1, 0.15) is 5.56 Å². The molecule has 1 amide bonds. The van der Waals surface area contributed by atoms with Crippen LogP contribution in [0.15, 0.2) is 82.4 Å². The number of nitrogens with one attached hydrogen (secondary N) is 1. The summed E-state index contributed by atoms with van der Waals surface area (Å²) < 4.78 is 6.62. The minimum Gasteiger partial charge on any atom is -0.483 e. The summed E-state index contributed by atoms with van der Waals surface area (Å²) in [6, 6.07) is 21.4. The average Bonchev–Trinajstić information content (AvgIpc) is 2.68. The number of benzene rings is 3. The van der Waals surface area contributed by atoms with Gasteiger partial charge in [-0.25, -0.2) is 5.43 Å². The van der Waals surface area contributed by atoms with Crippen molar-refractivity contribution in [3.05, 3.63) is 82.8 Å². The molecule has 0 aliphatic carbocycles. The highest BCUT2D eigenvalue weighted by molar-refractivity contribution is 9.10. The normalized spacial score (nSPS) is 11.3. The van der Waals surface area contributed by atoms with Crippen LogP contribution in [0.3, 0.4) is 0 Å². The quantitative estimate of drug-likeness (QED) is 0.470. The number of allylic oxidation sites excluding steroid dienone is 1. The number of carbonyl (C=O) groups excluding carboxylic acids is 1. The largest absolute Gasteiger partial charge is 0.483 e. The fraction of sp³-hybridized carbons (Fsp3) is 0.0476. The number of fused-ring (bicyclic) bond motifs is 1. The van der Waals surface area contributed by atoms with Gasteiger partial charge in [0.1, 0.15) is 5.75 Å². The van der Waals surface area contributed by atoms with E-state index in [9.17, 15) is 4.79 Å². The van der Waals surface area contributed by atoms with Crippen molar-refractivity contribution in [1.82, 2.24) is 5.43 Å². The molecule has 1 N–H and O–H groups in total. The van der Waals surface area contributed by atoms with Gasteiger partial charge >= 0.3 is 0 Å². The first kappa shape index (κ1) is 17.9. The predicted octanol–water partition coefficient (Wildman–Crippen LogP) is 4.80. The Morgan fingerprint density at radius 3 is 2.54 bits per heavy atom. The summed E-state index contributed by atoms with van der Waals surface area (Å²) in [4.78, 5) is 11.9. The maximum absolute atomic E-state index is 11.9. The van der Waals surface area contributed by atoms with Crippen molar-refractivity contribution in [2.75, 3.05) is 6.61 Å². The third-order valence-electron chi connectivity index (χ3n) is 3.63. The molecule has 4 nitrogen and oxygen atoms in total. The van der Waals surface area contributed by atoms with E-state index in [2.05, 4.69) is 26.5 Å². The zero-order valence-corrected chi connectivity index (χ0v) is 15.5. The summed E-state index contributed by atoms with van der Waals surface area (Å²) in [6.45, 7) is -0.106. The second-order valence-corrected chi connectivity index (χ2v) is 6.32. The van der Waals surface area contributed by atoms with Crippen LogP contribution in [0.4, 0.5) is 0 Å². The number of rotatable bonds is 6. The van der Waals surface area contributed by atoms with Gasteiger partial charge in [0, 0.05) is 16.1 Å². The van der Waals surface area contributed by atoms with E-state index >= 15 is 0 Å². The van der Waals surface area contributed by atoms with Gasteiger partial charge in [-0.15, -0.1) is 0 Å². The lowest BCUT2D eigenvalue weighted by Gasteiger charge is -2.09. The van der Waals surface area contributed by atoms with Gasteiger partial charge in [0.25, 0.3) is 5.91 Å². The van der Waals surface area contributed by atoms with Crippen molar-refractivity contribution in [3.8, 4) is 5.75 Å². The highest BCUT2D eigenvalue weighted by atomic mass is 79.9. The van der Waals surface area contributed by atoms with Gasteiger partial charge in [0.15, 0.2) is 6.61 Å². The van der Waals surface area contributed by atoms with E-state index in [1.54, 1.807) is 6.08 Å². The Bertz CT molecular complexity index is 953. The smallest absolute Gasteiger partial charge is 0.277 e. The van der Waals surface area contributed by atoms with Gasteiger partial charge in [-0.2, -0.15) is 5.10 Å². The van der Waals surface area contributed by atoms with E-state index in [4.69, 9.17) is 4.74 Å². The number of nitrogens with zero attached hydrogens (tertiary/aromatic N) is 1. The van der Waals surface area contributed by atoms with E-state index < -0.39 is 0 Å². The molecule has 0 fully saturated rings. The molecule has 0 aliphatic rings. The minimum absolute atomic E-state index is 0.106. The monoisotopic (exact) mass is 408 g/mol. The SMILES string of the molecule is O=C(COc1ccc(Br)c2ccccc12)NN=C/C=C\c1ccccc1. The Hall–Kier alpha value is -2.92. The van der Waals surface area contributed by atoms with Gasteiger partial charge < -0.3 is 4.74 Å². The van der Waals surface area contributed by atoms with Crippen molar-refractivity contribution < 1.29 is 9.53 Å². The fourth-order valence-electron chi connectivity index (χ4n) is 2.41. The summed E-state index contributed by atoms with van der Waals surface area (Å²) in [5.74, 6) is 0.341. The van der Waals surface area contributed by atoms with Crippen LogP contribution in [0.25, 0.3) is 16.8 Å². The summed E-state index contributed by atoms with van der Waals surface area (Å²) in [7, 11) is 0. The second kappa shape index (κ2) is 8.97. The first-order valence-electron chi connectivity index (χ1n) is 8.08. The Morgan fingerprint density at radius 2 is 1.73 bits per heavy atom. The molecule has 0 aliphatic heterocycles. The van der Waals surface area contributed by atoms with Crippen molar-refractivity contribution in [1.29, 1.82) is 0 Å². The standard InChI is InChI=1S/C21H17BrN2O2/c22-19-12-13-20(18-11-5-4-10-17(18)19)26-15-21(25)24-23-14-6-9-16-7-2-1-3-8-16/h1-14H,15H2,(H,24,25)/b9-6-,23-14?. The van der Waals surface area contributed by atoms with E-state index in [-0.39, 0.29) is 12.5 Å². The van der Waals surface area contributed by atoms with Crippen LogP contribution in [-0.2, 0) is 4.79 Å². The molecular formula is C21H17BrN2O2. The molecule has 3 aromatic rings. The molecule has 3 rings (SSSR count). The molecule has 130 valence electrons. The lowest BCUT2D eigenvalue weighted by atomic mass is 10.1. The predicted molar refractivity (Wildman–Crippen MR) is 109 cm³/mol. The summed E-state index contributed by atoms with van der Waals surface area (Å²) in [5.41, 5.74) is 3.51. The fourth-order valence-corrected chi connectivity index (χ4v) is 2.88. The van der Waals surface area contributed by atoms with Crippen LogP contribution in [0.2, 0.25) is 0 Å². The number of amides is 1. The minimum atomic E-state index is -0.318. The third-order valence-corrected chi connectivity index (χ3v) is 4.32. The van der Waals surface area contributed by atoms with Gasteiger partial charge in [0.2, 0.25) is 0 Å². The van der Waals surface area contributed by atoms with E-state index in [0.29, 0.717) is 5.75 Å². The third kappa shape index (κ3) is 4.80. The Balaban J connectivity index is 1.52. The lowest BCUT2D eigenvalue weighted by molar-refractivity contribution is -0.123. The first-order chi connectivity index (χ1) is 12.7. The molecule has 0 aromatic heterocycles. The molecule has 0 heterocycles. The number of halogens is 1. The van der Waals surface area contributed by atoms with Crippen LogP contribution >= 0.6 is 15.9 Å². The number of hydrogen-bond acceptors (Lipinski definition) is 3. The van der Waals surface area contributed by atoms with Crippen LogP contribution in [-0.4, -0.2) is 18.7 Å². The van der Waals surface area contributed by atoms with Gasteiger partial charge in [-0.1, -0.05) is 76.6 Å². The molecule has 0 saturated carbocycles. The lowest BCUT2D eigenvalue weighted by Crippen LogP contribution is -2.24. The van der Waals surface area contributed by atoms with E-state index in [1.165, 1.54) is 6.21 Å².